The molecular formula is C25H27FNO6P. The van der Waals surface area contributed by atoms with Gasteiger partial charge in [-0.1, -0.05) is 43.3 Å². The SMILES string of the molecule is CCCOC(=O)[C@H](C)N(C)P(=O)(Oc1ccccc1)C(F)c1ccc2ccc(C(=O)O)cc2c1. The summed E-state index contributed by atoms with van der Waals surface area (Å²) in [5.74, 6) is -3.69. The minimum Gasteiger partial charge on any atom is -0.478 e. The van der Waals surface area contributed by atoms with E-state index in [-0.39, 0.29) is 23.5 Å². The van der Waals surface area contributed by atoms with Crippen molar-refractivity contribution in [2.45, 2.75) is 32.2 Å². The lowest BCUT2D eigenvalue weighted by Gasteiger charge is -2.33. The quantitative estimate of drug-likeness (QED) is 0.275. The van der Waals surface area contributed by atoms with Gasteiger partial charge in [0.05, 0.1) is 12.2 Å². The zero-order valence-electron chi connectivity index (χ0n) is 19.2. The number of carboxylic acids is 1. The number of ether oxygens (including phenoxy) is 1. The second kappa shape index (κ2) is 10.8. The van der Waals surface area contributed by atoms with Crippen LogP contribution in [0.4, 0.5) is 4.39 Å². The van der Waals surface area contributed by atoms with Crippen LogP contribution in [0.1, 0.15) is 42.1 Å². The number of carbonyl (C=O) groups is 2. The molecule has 0 amide bonds. The zero-order valence-corrected chi connectivity index (χ0v) is 20.1. The van der Waals surface area contributed by atoms with E-state index < -0.39 is 31.4 Å². The Morgan fingerprint density at radius 3 is 2.38 bits per heavy atom. The second-order valence-corrected chi connectivity index (χ2v) is 10.2. The molecule has 7 nitrogen and oxygen atoms in total. The summed E-state index contributed by atoms with van der Waals surface area (Å²) in [6.45, 7) is 3.51. The normalized spacial score (nSPS) is 14.9. The maximum Gasteiger partial charge on any atom is 0.357 e. The van der Waals surface area contributed by atoms with E-state index in [0.717, 1.165) is 4.67 Å². The van der Waals surface area contributed by atoms with Crippen LogP contribution in [-0.4, -0.2) is 41.4 Å². The number of esters is 1. The van der Waals surface area contributed by atoms with Crippen molar-refractivity contribution in [3.8, 4) is 5.75 Å². The van der Waals surface area contributed by atoms with Crippen molar-refractivity contribution in [2.24, 2.45) is 0 Å². The summed E-state index contributed by atoms with van der Waals surface area (Å²) < 4.78 is 42.2. The van der Waals surface area contributed by atoms with Gasteiger partial charge in [-0.15, -0.1) is 0 Å². The monoisotopic (exact) mass is 487 g/mol. The Labute approximate surface area is 197 Å². The topological polar surface area (TPSA) is 93.1 Å². The molecule has 0 saturated carbocycles. The summed E-state index contributed by atoms with van der Waals surface area (Å²) in [4.78, 5) is 23.8. The molecule has 0 fully saturated rings. The fraction of sp³-hybridized carbons (Fsp3) is 0.280. The van der Waals surface area contributed by atoms with Gasteiger partial charge in [0.1, 0.15) is 11.8 Å². The van der Waals surface area contributed by atoms with Crippen LogP contribution < -0.4 is 4.52 Å². The average molecular weight is 487 g/mol. The van der Waals surface area contributed by atoms with E-state index >= 15 is 4.39 Å². The minimum absolute atomic E-state index is 0.0373. The molecule has 0 spiro atoms. The summed E-state index contributed by atoms with van der Waals surface area (Å²) in [6.07, 6.45) is 0.613. The lowest BCUT2D eigenvalue weighted by Crippen LogP contribution is -2.37. The zero-order chi connectivity index (χ0) is 24.9. The molecule has 0 radical (unpaired) electrons. The van der Waals surface area contributed by atoms with Crippen molar-refractivity contribution in [3.63, 3.8) is 0 Å². The highest BCUT2D eigenvalue weighted by Crippen LogP contribution is 2.63. The molecule has 34 heavy (non-hydrogen) atoms. The Morgan fingerprint density at radius 1 is 1.06 bits per heavy atom. The first-order valence-electron chi connectivity index (χ1n) is 10.8. The number of fused-ring (bicyclic) bond motifs is 1. The summed E-state index contributed by atoms with van der Waals surface area (Å²) in [7, 11) is -2.99. The molecule has 3 aromatic carbocycles. The van der Waals surface area contributed by atoms with Crippen LogP contribution in [-0.2, 0) is 14.1 Å². The fourth-order valence-corrected chi connectivity index (χ4v) is 5.43. The van der Waals surface area contributed by atoms with E-state index in [0.29, 0.717) is 17.2 Å². The van der Waals surface area contributed by atoms with Crippen molar-refractivity contribution >= 4 is 30.2 Å². The van der Waals surface area contributed by atoms with E-state index in [1.54, 1.807) is 42.5 Å². The number of rotatable bonds is 10. The Balaban J connectivity index is 2.03. The summed E-state index contributed by atoms with van der Waals surface area (Å²) >= 11 is 0. The molecule has 0 aliphatic carbocycles. The molecule has 0 heterocycles. The van der Waals surface area contributed by atoms with Crippen molar-refractivity contribution in [2.75, 3.05) is 13.7 Å². The average Bonchev–Trinajstić information content (AvgIpc) is 2.85. The lowest BCUT2D eigenvalue weighted by molar-refractivity contribution is -0.147. The number of carboxylic acid groups (broad SMARTS) is 1. The Hall–Kier alpha value is -3.22. The summed E-state index contributed by atoms with van der Waals surface area (Å²) in [5, 5.41) is 10.4. The Kier molecular flexibility index (Phi) is 8.07. The molecule has 0 aliphatic rings. The van der Waals surface area contributed by atoms with E-state index in [1.807, 2.05) is 6.92 Å². The fourth-order valence-electron chi connectivity index (χ4n) is 3.35. The number of alkyl halides is 1. The molecule has 3 aromatic rings. The van der Waals surface area contributed by atoms with Crippen molar-refractivity contribution < 1.29 is 32.9 Å². The predicted octanol–water partition coefficient (Wildman–Crippen LogP) is 6.05. The summed E-state index contributed by atoms with van der Waals surface area (Å²) in [5.41, 5.74) is 0.0865. The maximum atomic E-state index is 16.1. The number of benzene rings is 3. The first kappa shape index (κ1) is 25.4. The molecule has 0 bridgehead atoms. The van der Waals surface area contributed by atoms with Gasteiger partial charge in [0.25, 0.3) is 0 Å². The molecule has 3 atom stereocenters. The highest BCUT2D eigenvalue weighted by Gasteiger charge is 2.45. The van der Waals surface area contributed by atoms with Crippen LogP contribution >= 0.6 is 7.52 Å². The Morgan fingerprint density at radius 2 is 1.74 bits per heavy atom. The Bertz CT molecular complexity index is 1220. The third kappa shape index (κ3) is 5.46. The predicted molar refractivity (Wildman–Crippen MR) is 128 cm³/mol. The van der Waals surface area contributed by atoms with Crippen LogP contribution in [0.25, 0.3) is 10.8 Å². The maximum absolute atomic E-state index is 16.1. The number of likely N-dealkylation sites (N-methyl/N-ethyl adjacent to an activating group) is 1. The molecule has 0 saturated heterocycles. The van der Waals surface area contributed by atoms with E-state index in [2.05, 4.69) is 0 Å². The molecule has 2 unspecified atom stereocenters. The molecule has 180 valence electrons. The first-order chi connectivity index (χ1) is 16.2. The van der Waals surface area contributed by atoms with Gasteiger partial charge in [-0.05, 0) is 67.1 Å². The molecule has 0 aromatic heterocycles. The van der Waals surface area contributed by atoms with E-state index in [1.165, 1.54) is 38.2 Å². The number of nitrogens with zero attached hydrogens (tertiary/aromatic N) is 1. The van der Waals surface area contributed by atoms with Crippen molar-refractivity contribution in [1.82, 2.24) is 4.67 Å². The van der Waals surface area contributed by atoms with Crippen molar-refractivity contribution in [1.29, 1.82) is 0 Å². The van der Waals surface area contributed by atoms with Crippen molar-refractivity contribution in [3.05, 3.63) is 77.9 Å². The number of hydrogen-bond donors (Lipinski definition) is 1. The van der Waals surface area contributed by atoms with Gasteiger partial charge in [0.2, 0.25) is 5.91 Å². The van der Waals surface area contributed by atoms with Gasteiger partial charge < -0.3 is 14.4 Å². The molecule has 0 aliphatic heterocycles. The standard InChI is InChI=1S/C25H27FNO6P/c1-4-14-32-25(30)17(2)27(3)34(31,33-22-8-6-5-7-9-22)23(26)19-12-10-18-11-13-20(24(28)29)16-21(18)15-19/h5-13,15-17,23H,4,14H2,1-3H3,(H,28,29)/t17-,23?,34?/m0/s1. The van der Waals surface area contributed by atoms with E-state index in [4.69, 9.17) is 9.26 Å². The minimum atomic E-state index is -4.35. The number of para-hydroxylation sites is 1. The molecule has 9 heteroatoms. The number of aromatic carboxylic acids is 1. The third-order valence-electron chi connectivity index (χ3n) is 5.44. The smallest absolute Gasteiger partial charge is 0.357 e. The molecule has 1 N–H and O–H groups in total. The van der Waals surface area contributed by atoms with Crippen LogP contribution in [0.15, 0.2) is 66.7 Å². The van der Waals surface area contributed by atoms with Gasteiger partial charge in [-0.2, -0.15) is 0 Å². The number of hydrogen-bond acceptors (Lipinski definition) is 5. The molecule has 3 rings (SSSR count). The highest BCUT2D eigenvalue weighted by molar-refractivity contribution is 7.57. The molecular weight excluding hydrogens is 460 g/mol. The second-order valence-electron chi connectivity index (χ2n) is 7.85. The number of halogens is 1. The van der Waals surface area contributed by atoms with Gasteiger partial charge in [0, 0.05) is 0 Å². The summed E-state index contributed by atoms with van der Waals surface area (Å²) in [6, 6.07) is 16.2. The van der Waals surface area contributed by atoms with Gasteiger partial charge in [-0.25, -0.2) is 13.9 Å². The third-order valence-corrected chi connectivity index (χ3v) is 8.01. The van der Waals surface area contributed by atoms with Crippen LogP contribution in [0.2, 0.25) is 0 Å². The van der Waals surface area contributed by atoms with Gasteiger partial charge in [0.15, 0.2) is 0 Å². The van der Waals surface area contributed by atoms with Gasteiger partial charge >= 0.3 is 19.5 Å². The van der Waals surface area contributed by atoms with Crippen LogP contribution in [0.3, 0.4) is 0 Å². The van der Waals surface area contributed by atoms with Crippen LogP contribution in [0.5, 0.6) is 5.75 Å². The highest BCUT2D eigenvalue weighted by atomic mass is 31.2. The van der Waals surface area contributed by atoms with E-state index in [9.17, 15) is 19.3 Å². The first-order valence-corrected chi connectivity index (χ1v) is 12.5. The largest absolute Gasteiger partial charge is 0.478 e. The lowest BCUT2D eigenvalue weighted by atomic mass is 10.0. The van der Waals surface area contributed by atoms with Crippen LogP contribution in [0, 0.1) is 0 Å². The number of carbonyl (C=O) groups excluding carboxylic acids is 1. The van der Waals surface area contributed by atoms with Gasteiger partial charge in [-0.3, -0.25) is 9.36 Å².